The van der Waals surface area contributed by atoms with Gasteiger partial charge in [0.15, 0.2) is 5.65 Å². The van der Waals surface area contributed by atoms with Crippen molar-refractivity contribution in [3.8, 4) is 0 Å². The molecule has 0 fully saturated rings. The van der Waals surface area contributed by atoms with Crippen molar-refractivity contribution in [1.29, 1.82) is 0 Å². The van der Waals surface area contributed by atoms with Crippen LogP contribution in [0.4, 0.5) is 0 Å². The molecule has 32 heavy (non-hydrogen) atoms. The van der Waals surface area contributed by atoms with Crippen LogP contribution in [0.15, 0.2) is 24.4 Å². The molecule has 0 radical (unpaired) electrons. The highest BCUT2D eigenvalue weighted by molar-refractivity contribution is 7.71. The van der Waals surface area contributed by atoms with E-state index in [9.17, 15) is 4.79 Å². The van der Waals surface area contributed by atoms with Gasteiger partial charge in [-0.15, -0.1) is 0 Å². The van der Waals surface area contributed by atoms with Crippen LogP contribution < -0.4 is 5.43 Å². The minimum atomic E-state index is 0.0183. The SMILES string of the molecule is CCCCCCCCCCCCCCCC(=O)Nn1c(=S)c(CCC)cc2cccnc21. The number of nitrogens with one attached hydrogen (secondary N) is 1. The molecular formula is C27H43N3OS. The first kappa shape index (κ1) is 26.5. The molecule has 0 atom stereocenters. The van der Waals surface area contributed by atoms with Gasteiger partial charge in [-0.25, -0.2) is 9.66 Å². The summed E-state index contributed by atoms with van der Waals surface area (Å²) in [6, 6.07) is 6.04. The second-order valence-electron chi connectivity index (χ2n) is 9.00. The van der Waals surface area contributed by atoms with Crippen LogP contribution in [0.25, 0.3) is 11.0 Å². The number of unbranched alkanes of at least 4 members (excludes halogenated alkanes) is 12. The van der Waals surface area contributed by atoms with Crippen LogP contribution in [0.1, 0.15) is 116 Å². The van der Waals surface area contributed by atoms with Gasteiger partial charge in [0.25, 0.3) is 0 Å². The summed E-state index contributed by atoms with van der Waals surface area (Å²) in [5, 5.41) is 1.01. The molecule has 0 aromatic carbocycles. The van der Waals surface area contributed by atoms with E-state index in [2.05, 4.69) is 30.3 Å². The zero-order chi connectivity index (χ0) is 23.0. The Morgan fingerprint density at radius 2 is 1.50 bits per heavy atom. The van der Waals surface area contributed by atoms with E-state index in [-0.39, 0.29) is 5.91 Å². The summed E-state index contributed by atoms with van der Waals surface area (Å²) < 4.78 is 2.37. The van der Waals surface area contributed by atoms with Gasteiger partial charge in [0.1, 0.15) is 4.64 Å². The average molecular weight is 458 g/mol. The summed E-state index contributed by atoms with van der Waals surface area (Å²) in [6.07, 6.45) is 21.2. The molecule has 4 nitrogen and oxygen atoms in total. The Labute approximate surface area is 200 Å². The molecule has 178 valence electrons. The van der Waals surface area contributed by atoms with Gasteiger partial charge in [-0.05, 0) is 36.6 Å². The predicted octanol–water partition coefficient (Wildman–Crippen LogP) is 8.27. The fourth-order valence-electron chi connectivity index (χ4n) is 4.23. The van der Waals surface area contributed by atoms with Gasteiger partial charge in [-0.1, -0.05) is 110 Å². The maximum atomic E-state index is 12.6. The number of carbonyl (C=O) groups excluding carboxylic acids is 1. The summed E-state index contributed by atoms with van der Waals surface area (Å²) >= 11 is 5.65. The topological polar surface area (TPSA) is 46.9 Å². The molecule has 0 saturated carbocycles. The molecule has 0 bridgehead atoms. The predicted molar refractivity (Wildman–Crippen MR) is 139 cm³/mol. The average Bonchev–Trinajstić information content (AvgIpc) is 2.80. The fourth-order valence-corrected chi connectivity index (χ4v) is 4.53. The number of hydrogen-bond acceptors (Lipinski definition) is 3. The summed E-state index contributed by atoms with van der Waals surface area (Å²) in [5.74, 6) is 0.0183. The summed E-state index contributed by atoms with van der Waals surface area (Å²) in [5.41, 5.74) is 4.81. The zero-order valence-corrected chi connectivity index (χ0v) is 21.2. The van der Waals surface area contributed by atoms with E-state index in [0.29, 0.717) is 11.1 Å². The van der Waals surface area contributed by atoms with Crippen molar-refractivity contribution in [2.45, 2.75) is 117 Å². The van der Waals surface area contributed by atoms with Crippen LogP contribution in [0, 0.1) is 4.64 Å². The molecule has 0 unspecified atom stereocenters. The first-order valence-electron chi connectivity index (χ1n) is 13.0. The van der Waals surface area contributed by atoms with Crippen molar-refractivity contribution < 1.29 is 4.79 Å². The van der Waals surface area contributed by atoms with Gasteiger partial charge in [0.2, 0.25) is 5.91 Å². The second kappa shape index (κ2) is 16.0. The molecule has 2 aromatic rings. The lowest BCUT2D eigenvalue weighted by atomic mass is 10.0. The molecule has 5 heteroatoms. The number of aryl methyl sites for hydroxylation is 1. The molecule has 0 aliphatic rings. The maximum absolute atomic E-state index is 12.6. The van der Waals surface area contributed by atoms with Crippen molar-refractivity contribution >= 4 is 29.2 Å². The molecule has 2 rings (SSSR count). The number of pyridine rings is 2. The number of aromatic nitrogens is 2. The first-order valence-corrected chi connectivity index (χ1v) is 13.4. The normalized spacial score (nSPS) is 11.2. The van der Waals surface area contributed by atoms with Crippen molar-refractivity contribution in [3.63, 3.8) is 0 Å². The number of carbonyl (C=O) groups is 1. The fraction of sp³-hybridized carbons (Fsp3) is 0.667. The third kappa shape index (κ3) is 9.40. The summed E-state index contributed by atoms with van der Waals surface area (Å²) in [4.78, 5) is 17.0. The van der Waals surface area contributed by atoms with Crippen molar-refractivity contribution in [2.24, 2.45) is 0 Å². The minimum absolute atomic E-state index is 0.0183. The van der Waals surface area contributed by atoms with Gasteiger partial charge in [0, 0.05) is 18.0 Å². The Morgan fingerprint density at radius 1 is 0.906 bits per heavy atom. The van der Waals surface area contributed by atoms with Gasteiger partial charge in [-0.2, -0.15) is 0 Å². The van der Waals surface area contributed by atoms with Crippen LogP contribution in [-0.2, 0) is 11.2 Å². The largest absolute Gasteiger partial charge is 0.273 e. The van der Waals surface area contributed by atoms with E-state index in [1.165, 1.54) is 70.6 Å². The Bertz CT molecular complexity index is 862. The number of fused-ring (bicyclic) bond motifs is 1. The molecule has 0 spiro atoms. The van der Waals surface area contributed by atoms with Crippen LogP contribution in [0.3, 0.4) is 0 Å². The molecule has 1 amide bonds. The summed E-state index contributed by atoms with van der Waals surface area (Å²) in [7, 11) is 0. The highest BCUT2D eigenvalue weighted by Gasteiger charge is 2.10. The molecule has 0 saturated heterocycles. The third-order valence-electron chi connectivity index (χ3n) is 6.10. The van der Waals surface area contributed by atoms with Crippen molar-refractivity contribution in [1.82, 2.24) is 9.66 Å². The molecule has 0 aliphatic carbocycles. The molecule has 0 aliphatic heterocycles. The lowest BCUT2D eigenvalue weighted by molar-refractivity contribution is -0.117. The van der Waals surface area contributed by atoms with Crippen LogP contribution in [0.5, 0.6) is 0 Å². The van der Waals surface area contributed by atoms with Crippen molar-refractivity contribution in [3.05, 3.63) is 34.6 Å². The van der Waals surface area contributed by atoms with E-state index in [1.54, 1.807) is 10.9 Å². The van der Waals surface area contributed by atoms with Crippen LogP contribution >= 0.6 is 12.2 Å². The van der Waals surface area contributed by atoms with E-state index >= 15 is 0 Å². The Hall–Kier alpha value is -1.75. The van der Waals surface area contributed by atoms with E-state index in [0.717, 1.165) is 42.3 Å². The number of nitrogens with zero attached hydrogens (tertiary/aromatic N) is 2. The quantitative estimate of drug-likeness (QED) is 0.192. The molecular weight excluding hydrogens is 414 g/mol. The second-order valence-corrected chi connectivity index (χ2v) is 9.39. The lowest BCUT2D eigenvalue weighted by Crippen LogP contribution is -2.25. The van der Waals surface area contributed by atoms with Gasteiger partial charge < -0.3 is 0 Å². The smallest absolute Gasteiger partial charge is 0.238 e. The number of rotatable bonds is 17. The number of amides is 1. The highest BCUT2D eigenvalue weighted by Crippen LogP contribution is 2.17. The molecule has 1 N–H and O–H groups in total. The number of hydrogen-bond donors (Lipinski definition) is 1. The molecule has 2 heterocycles. The zero-order valence-electron chi connectivity index (χ0n) is 20.3. The Balaban J connectivity index is 1.65. The van der Waals surface area contributed by atoms with E-state index in [4.69, 9.17) is 12.2 Å². The summed E-state index contributed by atoms with van der Waals surface area (Å²) in [6.45, 7) is 4.41. The third-order valence-corrected chi connectivity index (χ3v) is 6.54. The lowest BCUT2D eigenvalue weighted by Gasteiger charge is -2.14. The van der Waals surface area contributed by atoms with Crippen LogP contribution in [0.2, 0.25) is 0 Å². The Morgan fingerprint density at radius 3 is 2.09 bits per heavy atom. The highest BCUT2D eigenvalue weighted by atomic mass is 32.1. The maximum Gasteiger partial charge on any atom is 0.238 e. The van der Waals surface area contributed by atoms with Crippen molar-refractivity contribution in [2.75, 3.05) is 5.43 Å². The van der Waals surface area contributed by atoms with Gasteiger partial charge >= 0.3 is 0 Å². The van der Waals surface area contributed by atoms with Gasteiger partial charge in [-0.3, -0.25) is 10.2 Å². The van der Waals surface area contributed by atoms with Crippen LogP contribution in [-0.4, -0.2) is 15.6 Å². The first-order chi connectivity index (χ1) is 15.7. The minimum Gasteiger partial charge on any atom is -0.273 e. The van der Waals surface area contributed by atoms with Gasteiger partial charge in [0.05, 0.1) is 0 Å². The standard InChI is InChI=1S/C27H43N3OS/c1-3-5-6-7-8-9-10-11-12-13-14-15-16-20-25(31)29-30-26-23(19-17-21-28-26)22-24(18-4-2)27(30)32/h17,19,21-22H,3-16,18,20H2,1-2H3,(H,29,31). The van der Waals surface area contributed by atoms with E-state index in [1.807, 2.05) is 12.1 Å². The van der Waals surface area contributed by atoms with E-state index < -0.39 is 0 Å². The molecule has 2 aromatic heterocycles. The monoisotopic (exact) mass is 457 g/mol. The Kier molecular flexibility index (Phi) is 13.2.